The van der Waals surface area contributed by atoms with Crippen molar-refractivity contribution < 1.29 is 9.53 Å². The van der Waals surface area contributed by atoms with Crippen molar-refractivity contribution >= 4 is 40.8 Å². The van der Waals surface area contributed by atoms with Crippen LogP contribution in [0.2, 0.25) is 0 Å². The summed E-state index contributed by atoms with van der Waals surface area (Å²) in [5.41, 5.74) is 0. The molecule has 0 heterocycles. The van der Waals surface area contributed by atoms with Gasteiger partial charge in [-0.05, 0) is 0 Å². The number of rotatable bonds is 1. The van der Waals surface area contributed by atoms with Crippen molar-refractivity contribution in [2.45, 2.75) is 3.79 Å². The van der Waals surface area contributed by atoms with Gasteiger partial charge in [0.15, 0.2) is 0 Å². The third-order valence-electron chi connectivity index (χ3n) is 0.422. The quantitative estimate of drug-likeness (QED) is 0.358. The van der Waals surface area contributed by atoms with Crippen LogP contribution in [0.15, 0.2) is 12.8 Å². The molecule has 0 aromatic carbocycles. The first-order valence-electron chi connectivity index (χ1n) is 1.87. The zero-order valence-corrected chi connectivity index (χ0v) is 6.50. The number of hydrogen-bond donors (Lipinski definition) is 0. The van der Waals surface area contributed by atoms with Gasteiger partial charge in [-0.15, -0.1) is 0 Å². The molecule has 0 aromatic rings. The molecular formula is C4H3Cl3O2. The summed E-state index contributed by atoms with van der Waals surface area (Å²) in [5, 5.41) is 0. The molecule has 0 unspecified atom stereocenters. The number of alkyl halides is 3. The molecule has 0 aromatic heterocycles. The minimum absolute atomic E-state index is 0.893. The predicted molar refractivity (Wildman–Crippen MR) is 36.6 cm³/mol. The van der Waals surface area contributed by atoms with Crippen LogP contribution in [-0.4, -0.2) is 9.76 Å². The Hall–Kier alpha value is 0.0800. The lowest BCUT2D eigenvalue weighted by Crippen LogP contribution is -2.19. The van der Waals surface area contributed by atoms with Gasteiger partial charge in [0, 0.05) is 0 Å². The Labute approximate surface area is 67.3 Å². The molecule has 0 saturated carbocycles. The van der Waals surface area contributed by atoms with Crippen LogP contribution >= 0.6 is 34.8 Å². The maximum Gasteiger partial charge on any atom is 0.363 e. The lowest BCUT2D eigenvalue weighted by molar-refractivity contribution is -0.136. The van der Waals surface area contributed by atoms with Crippen molar-refractivity contribution in [1.29, 1.82) is 0 Å². The Bertz CT molecular complexity index is 126. The third-order valence-corrected chi connectivity index (χ3v) is 0.885. The van der Waals surface area contributed by atoms with Gasteiger partial charge in [0.1, 0.15) is 0 Å². The van der Waals surface area contributed by atoms with Crippen LogP contribution in [0.25, 0.3) is 0 Å². The summed E-state index contributed by atoms with van der Waals surface area (Å²) in [6.07, 6.45) is 0.893. The van der Waals surface area contributed by atoms with E-state index in [2.05, 4.69) is 11.3 Å². The van der Waals surface area contributed by atoms with E-state index < -0.39 is 9.76 Å². The van der Waals surface area contributed by atoms with Crippen LogP contribution in [0.5, 0.6) is 0 Å². The van der Waals surface area contributed by atoms with Crippen LogP contribution in [0.3, 0.4) is 0 Å². The van der Waals surface area contributed by atoms with E-state index in [1.165, 1.54) is 0 Å². The molecule has 5 heteroatoms. The van der Waals surface area contributed by atoms with Gasteiger partial charge in [-0.1, -0.05) is 41.4 Å². The fourth-order valence-electron chi connectivity index (χ4n) is 0.143. The molecule has 0 amide bonds. The minimum Gasteiger partial charge on any atom is -0.432 e. The van der Waals surface area contributed by atoms with Gasteiger partial charge in [0.25, 0.3) is 3.79 Å². The summed E-state index contributed by atoms with van der Waals surface area (Å²) in [7, 11) is 0. The van der Waals surface area contributed by atoms with E-state index in [1.54, 1.807) is 0 Å². The summed E-state index contributed by atoms with van der Waals surface area (Å²) in [4.78, 5) is 10.4. The van der Waals surface area contributed by atoms with Crippen molar-refractivity contribution in [1.82, 2.24) is 0 Å². The van der Waals surface area contributed by atoms with Crippen molar-refractivity contribution in [2.24, 2.45) is 0 Å². The van der Waals surface area contributed by atoms with Crippen molar-refractivity contribution in [3.05, 3.63) is 12.8 Å². The highest BCUT2D eigenvalue weighted by atomic mass is 35.6. The SMILES string of the molecule is C=COC(=O)C(Cl)(Cl)Cl. The highest BCUT2D eigenvalue weighted by Gasteiger charge is 2.31. The monoisotopic (exact) mass is 188 g/mol. The number of halogens is 3. The van der Waals surface area contributed by atoms with E-state index in [0.717, 1.165) is 6.26 Å². The molecule has 0 aliphatic carbocycles. The predicted octanol–water partition coefficient (Wildman–Crippen LogP) is 2.04. The molecule has 0 saturated heterocycles. The zero-order valence-electron chi connectivity index (χ0n) is 4.23. The fraction of sp³-hybridized carbons (Fsp3) is 0.250. The second-order valence-corrected chi connectivity index (χ2v) is 3.35. The smallest absolute Gasteiger partial charge is 0.363 e. The van der Waals surface area contributed by atoms with E-state index >= 15 is 0 Å². The number of carbonyl (C=O) groups is 1. The Morgan fingerprint density at radius 2 is 2.00 bits per heavy atom. The average Bonchev–Trinajstić information content (AvgIpc) is 1.64. The molecule has 2 nitrogen and oxygen atoms in total. The summed E-state index contributed by atoms with van der Waals surface area (Å²) in [6, 6.07) is 0. The summed E-state index contributed by atoms with van der Waals surface area (Å²) >= 11 is 15.2. The van der Waals surface area contributed by atoms with Crippen molar-refractivity contribution in [2.75, 3.05) is 0 Å². The molecule has 0 rings (SSSR count). The minimum atomic E-state index is -2.01. The molecule has 0 aliphatic heterocycles. The Morgan fingerprint density at radius 3 is 2.11 bits per heavy atom. The van der Waals surface area contributed by atoms with Gasteiger partial charge in [-0.25, -0.2) is 4.79 Å². The molecule has 0 spiro atoms. The topological polar surface area (TPSA) is 26.3 Å². The second kappa shape index (κ2) is 3.30. The van der Waals surface area contributed by atoms with E-state index in [4.69, 9.17) is 34.8 Å². The lowest BCUT2D eigenvalue weighted by atomic mass is 10.8. The number of carbonyl (C=O) groups excluding carboxylic acids is 1. The number of ether oxygens (including phenoxy) is 1. The van der Waals surface area contributed by atoms with E-state index in [9.17, 15) is 4.79 Å². The molecule has 0 atom stereocenters. The number of esters is 1. The molecular weight excluding hydrogens is 186 g/mol. The zero-order chi connectivity index (χ0) is 7.49. The summed E-state index contributed by atoms with van der Waals surface area (Å²) < 4.78 is 2.13. The van der Waals surface area contributed by atoms with E-state index in [1.807, 2.05) is 0 Å². The Balaban J connectivity index is 3.88. The van der Waals surface area contributed by atoms with Crippen molar-refractivity contribution in [3.8, 4) is 0 Å². The maximum absolute atomic E-state index is 10.4. The van der Waals surface area contributed by atoms with Gasteiger partial charge in [0.05, 0.1) is 6.26 Å². The first-order valence-corrected chi connectivity index (χ1v) is 3.00. The maximum atomic E-state index is 10.4. The normalized spacial score (nSPS) is 10.6. The first-order chi connectivity index (χ1) is 3.98. The molecule has 0 N–H and O–H groups in total. The Morgan fingerprint density at radius 1 is 1.56 bits per heavy atom. The van der Waals surface area contributed by atoms with Crippen molar-refractivity contribution in [3.63, 3.8) is 0 Å². The van der Waals surface area contributed by atoms with Crippen LogP contribution in [0.1, 0.15) is 0 Å². The van der Waals surface area contributed by atoms with Crippen LogP contribution in [0, 0.1) is 0 Å². The molecule has 0 bridgehead atoms. The van der Waals surface area contributed by atoms with Crippen LogP contribution in [-0.2, 0) is 9.53 Å². The average molecular weight is 189 g/mol. The van der Waals surface area contributed by atoms with E-state index in [-0.39, 0.29) is 0 Å². The molecule has 52 valence electrons. The van der Waals surface area contributed by atoms with Gasteiger partial charge < -0.3 is 4.74 Å². The summed E-state index contributed by atoms with van der Waals surface area (Å²) in [6.45, 7) is 3.10. The summed E-state index contributed by atoms with van der Waals surface area (Å²) in [5.74, 6) is -0.956. The first kappa shape index (κ1) is 9.08. The largest absolute Gasteiger partial charge is 0.432 e. The van der Waals surface area contributed by atoms with Gasteiger partial charge in [-0.2, -0.15) is 0 Å². The lowest BCUT2D eigenvalue weighted by Gasteiger charge is -2.05. The third kappa shape index (κ3) is 3.62. The highest BCUT2D eigenvalue weighted by Crippen LogP contribution is 2.27. The van der Waals surface area contributed by atoms with Crippen LogP contribution in [0.4, 0.5) is 0 Å². The van der Waals surface area contributed by atoms with E-state index in [0.29, 0.717) is 0 Å². The number of hydrogen-bond acceptors (Lipinski definition) is 2. The molecule has 0 aliphatic rings. The van der Waals surface area contributed by atoms with Gasteiger partial charge >= 0.3 is 5.97 Å². The standard InChI is InChI=1S/C4H3Cl3O2/c1-2-9-3(8)4(5,6)7/h2H,1H2. The Kier molecular flexibility index (Phi) is 3.33. The second-order valence-electron chi connectivity index (χ2n) is 1.07. The van der Waals surface area contributed by atoms with Gasteiger partial charge in [-0.3, -0.25) is 0 Å². The highest BCUT2D eigenvalue weighted by molar-refractivity contribution is 6.75. The molecule has 9 heavy (non-hydrogen) atoms. The molecule has 0 radical (unpaired) electrons. The van der Waals surface area contributed by atoms with Crippen LogP contribution < -0.4 is 0 Å². The molecule has 0 fully saturated rings. The fourth-order valence-corrected chi connectivity index (χ4v) is 0.276. The van der Waals surface area contributed by atoms with Gasteiger partial charge in [0.2, 0.25) is 0 Å².